The Labute approximate surface area is 77.7 Å². The maximum Gasteiger partial charge on any atom is 0.177 e. The molecule has 0 fully saturated rings. The van der Waals surface area contributed by atoms with E-state index in [2.05, 4.69) is 5.32 Å². The Hall–Kier alpha value is -1.25. The van der Waals surface area contributed by atoms with E-state index in [1.165, 1.54) is 7.11 Å². The van der Waals surface area contributed by atoms with Crippen LogP contribution < -0.4 is 10.1 Å². The van der Waals surface area contributed by atoms with E-state index in [1.54, 1.807) is 14.0 Å². The van der Waals surface area contributed by atoms with E-state index in [4.69, 9.17) is 4.74 Å². The molecule has 0 aliphatic carbocycles. The number of aryl methyl sites for hydroxylation is 1. The van der Waals surface area contributed by atoms with Crippen LogP contribution in [0, 0.1) is 19.7 Å². The molecule has 0 aliphatic rings. The maximum absolute atomic E-state index is 13.5. The van der Waals surface area contributed by atoms with Gasteiger partial charge in [-0.15, -0.1) is 0 Å². The fraction of sp³-hybridized carbons (Fsp3) is 0.400. The van der Waals surface area contributed by atoms with E-state index >= 15 is 0 Å². The third-order valence-corrected chi connectivity index (χ3v) is 2.20. The molecule has 1 rings (SSSR count). The number of benzene rings is 1. The van der Waals surface area contributed by atoms with Crippen molar-refractivity contribution in [2.45, 2.75) is 13.8 Å². The predicted octanol–water partition coefficient (Wildman–Crippen LogP) is 2.49. The third kappa shape index (κ3) is 1.59. The van der Waals surface area contributed by atoms with Crippen molar-refractivity contribution >= 4 is 5.69 Å². The van der Waals surface area contributed by atoms with E-state index in [0.717, 1.165) is 5.56 Å². The molecule has 13 heavy (non-hydrogen) atoms. The Kier molecular flexibility index (Phi) is 2.76. The number of rotatable bonds is 2. The summed E-state index contributed by atoms with van der Waals surface area (Å²) in [5.41, 5.74) is 2.24. The Morgan fingerprint density at radius 3 is 2.46 bits per heavy atom. The first-order chi connectivity index (χ1) is 6.11. The van der Waals surface area contributed by atoms with Crippen molar-refractivity contribution in [3.05, 3.63) is 23.0 Å². The predicted molar refractivity (Wildman–Crippen MR) is 52.0 cm³/mol. The molecule has 0 atom stereocenters. The van der Waals surface area contributed by atoms with Gasteiger partial charge >= 0.3 is 0 Å². The topological polar surface area (TPSA) is 21.3 Å². The van der Waals surface area contributed by atoms with Crippen LogP contribution in [0.4, 0.5) is 10.1 Å². The van der Waals surface area contributed by atoms with Gasteiger partial charge in [-0.2, -0.15) is 0 Å². The summed E-state index contributed by atoms with van der Waals surface area (Å²) in [6.07, 6.45) is 0. The zero-order valence-electron chi connectivity index (χ0n) is 8.36. The van der Waals surface area contributed by atoms with Gasteiger partial charge in [0.05, 0.1) is 12.8 Å². The molecule has 0 amide bonds. The second kappa shape index (κ2) is 3.64. The van der Waals surface area contributed by atoms with Crippen molar-refractivity contribution < 1.29 is 9.13 Å². The van der Waals surface area contributed by atoms with Gasteiger partial charge in [0.1, 0.15) is 0 Å². The summed E-state index contributed by atoms with van der Waals surface area (Å²) in [4.78, 5) is 0. The molecule has 0 spiro atoms. The highest BCUT2D eigenvalue weighted by Crippen LogP contribution is 2.31. The summed E-state index contributed by atoms with van der Waals surface area (Å²) in [5, 5.41) is 2.89. The molecule has 0 unspecified atom stereocenters. The molecular weight excluding hydrogens is 169 g/mol. The van der Waals surface area contributed by atoms with Gasteiger partial charge in [0.2, 0.25) is 0 Å². The minimum Gasteiger partial charge on any atom is -0.492 e. The summed E-state index contributed by atoms with van der Waals surface area (Å²) in [5.74, 6) is -0.00236. The third-order valence-electron chi connectivity index (χ3n) is 2.20. The number of methoxy groups -OCH3 is 1. The number of halogens is 1. The summed E-state index contributed by atoms with van der Waals surface area (Å²) in [6.45, 7) is 3.62. The quantitative estimate of drug-likeness (QED) is 0.760. The number of hydrogen-bond donors (Lipinski definition) is 1. The zero-order chi connectivity index (χ0) is 10.0. The van der Waals surface area contributed by atoms with Crippen molar-refractivity contribution in [1.29, 1.82) is 0 Å². The second-order valence-electron chi connectivity index (χ2n) is 2.96. The normalized spacial score (nSPS) is 9.92. The average Bonchev–Trinajstić information content (AvgIpc) is 2.13. The van der Waals surface area contributed by atoms with Crippen LogP contribution in [0.5, 0.6) is 5.75 Å². The molecule has 0 saturated carbocycles. The van der Waals surface area contributed by atoms with Gasteiger partial charge in [-0.25, -0.2) is 4.39 Å². The molecule has 72 valence electrons. The summed E-state index contributed by atoms with van der Waals surface area (Å²) in [6, 6.07) is 1.87. The van der Waals surface area contributed by atoms with E-state index in [9.17, 15) is 4.39 Å². The minimum atomic E-state index is -0.285. The molecule has 0 saturated heterocycles. The first-order valence-corrected chi connectivity index (χ1v) is 4.13. The van der Waals surface area contributed by atoms with Crippen LogP contribution in [0.3, 0.4) is 0 Å². The van der Waals surface area contributed by atoms with Crippen LogP contribution in [0.15, 0.2) is 6.07 Å². The lowest BCUT2D eigenvalue weighted by atomic mass is 10.1. The number of ether oxygens (including phenoxy) is 1. The first kappa shape index (κ1) is 9.84. The van der Waals surface area contributed by atoms with Crippen LogP contribution >= 0.6 is 0 Å². The summed E-state index contributed by atoms with van der Waals surface area (Å²) in [7, 11) is 3.21. The van der Waals surface area contributed by atoms with Gasteiger partial charge in [0.15, 0.2) is 11.6 Å². The maximum atomic E-state index is 13.5. The van der Waals surface area contributed by atoms with Crippen LogP contribution in [0.25, 0.3) is 0 Å². The van der Waals surface area contributed by atoms with Crippen LogP contribution in [-0.4, -0.2) is 14.2 Å². The van der Waals surface area contributed by atoms with Crippen LogP contribution in [0.1, 0.15) is 11.1 Å². The van der Waals surface area contributed by atoms with E-state index < -0.39 is 0 Å². The molecule has 0 aliphatic heterocycles. The Morgan fingerprint density at radius 2 is 2.00 bits per heavy atom. The van der Waals surface area contributed by atoms with Gasteiger partial charge < -0.3 is 10.1 Å². The zero-order valence-corrected chi connectivity index (χ0v) is 8.36. The van der Waals surface area contributed by atoms with Crippen LogP contribution in [-0.2, 0) is 0 Å². The standard InChI is InChI=1S/C10H14FNO/c1-6-5-8(12-3)10(13-4)9(11)7(6)2/h5,12H,1-4H3. The average molecular weight is 183 g/mol. The van der Waals surface area contributed by atoms with Crippen molar-refractivity contribution in [1.82, 2.24) is 0 Å². The smallest absolute Gasteiger partial charge is 0.177 e. The van der Waals surface area contributed by atoms with E-state index in [1.807, 2.05) is 13.0 Å². The second-order valence-corrected chi connectivity index (χ2v) is 2.96. The van der Waals surface area contributed by atoms with Crippen molar-refractivity contribution in [2.24, 2.45) is 0 Å². The number of hydrogen-bond acceptors (Lipinski definition) is 2. The highest BCUT2D eigenvalue weighted by molar-refractivity contribution is 5.60. The lowest BCUT2D eigenvalue weighted by Gasteiger charge is -2.12. The highest BCUT2D eigenvalue weighted by atomic mass is 19.1. The highest BCUT2D eigenvalue weighted by Gasteiger charge is 2.12. The Bertz CT molecular complexity index is 323. The minimum absolute atomic E-state index is 0.283. The summed E-state index contributed by atoms with van der Waals surface area (Å²) < 4.78 is 18.5. The molecule has 0 bridgehead atoms. The molecule has 1 N–H and O–H groups in total. The van der Waals surface area contributed by atoms with Gasteiger partial charge in [0, 0.05) is 7.05 Å². The van der Waals surface area contributed by atoms with Gasteiger partial charge in [-0.3, -0.25) is 0 Å². The molecule has 3 heteroatoms. The van der Waals surface area contributed by atoms with Gasteiger partial charge in [-0.05, 0) is 31.0 Å². The molecular formula is C10H14FNO. The molecule has 1 aromatic carbocycles. The lowest BCUT2D eigenvalue weighted by Crippen LogP contribution is -2.00. The first-order valence-electron chi connectivity index (χ1n) is 4.13. The summed E-state index contributed by atoms with van der Waals surface area (Å²) >= 11 is 0. The van der Waals surface area contributed by atoms with E-state index in [0.29, 0.717) is 11.3 Å². The van der Waals surface area contributed by atoms with Crippen molar-refractivity contribution in [2.75, 3.05) is 19.5 Å². The number of anilines is 1. The molecule has 0 aromatic heterocycles. The van der Waals surface area contributed by atoms with Gasteiger partial charge in [0.25, 0.3) is 0 Å². The fourth-order valence-corrected chi connectivity index (χ4v) is 1.24. The van der Waals surface area contributed by atoms with E-state index in [-0.39, 0.29) is 11.6 Å². The SMILES string of the molecule is CNc1cc(C)c(C)c(F)c1OC. The van der Waals surface area contributed by atoms with Crippen molar-refractivity contribution in [3.8, 4) is 5.75 Å². The molecule has 2 nitrogen and oxygen atoms in total. The number of nitrogens with one attached hydrogen (secondary N) is 1. The Balaban J connectivity index is 3.39. The largest absolute Gasteiger partial charge is 0.492 e. The van der Waals surface area contributed by atoms with Crippen LogP contribution in [0.2, 0.25) is 0 Å². The molecule has 0 radical (unpaired) electrons. The monoisotopic (exact) mass is 183 g/mol. The molecule has 1 aromatic rings. The lowest BCUT2D eigenvalue weighted by molar-refractivity contribution is 0.387. The van der Waals surface area contributed by atoms with Crippen molar-refractivity contribution in [3.63, 3.8) is 0 Å². The Morgan fingerprint density at radius 1 is 1.38 bits per heavy atom. The van der Waals surface area contributed by atoms with Gasteiger partial charge in [-0.1, -0.05) is 0 Å². The molecule has 0 heterocycles. The fourth-order valence-electron chi connectivity index (χ4n) is 1.24.